The van der Waals surface area contributed by atoms with Crippen LogP contribution in [0.3, 0.4) is 0 Å². The maximum atomic E-state index is 12.3. The number of urea groups is 1. The molecule has 0 fully saturated rings. The van der Waals surface area contributed by atoms with E-state index in [-0.39, 0.29) is 5.92 Å². The number of benzene rings is 1. The molecule has 1 aromatic heterocycles. The highest BCUT2D eigenvalue weighted by Gasteiger charge is 2.28. The summed E-state index contributed by atoms with van der Waals surface area (Å²) < 4.78 is 5.25. The minimum atomic E-state index is -1.10. The van der Waals surface area contributed by atoms with Crippen LogP contribution in [-0.4, -0.2) is 29.0 Å². The largest absolute Gasteiger partial charge is 0.448 e. The zero-order chi connectivity index (χ0) is 16.3. The van der Waals surface area contributed by atoms with Crippen LogP contribution >= 0.6 is 0 Å². The van der Waals surface area contributed by atoms with Gasteiger partial charge in [0.25, 0.3) is 5.91 Å². The number of nitrogens with one attached hydrogen (secondary N) is 2. The second kappa shape index (κ2) is 6.30. The van der Waals surface area contributed by atoms with Crippen molar-refractivity contribution in [2.24, 2.45) is 11.7 Å². The Kier molecular flexibility index (Phi) is 4.45. The zero-order valence-electron chi connectivity index (χ0n) is 12.3. The summed E-state index contributed by atoms with van der Waals surface area (Å²) in [6, 6.07) is 6.25. The van der Waals surface area contributed by atoms with Crippen LogP contribution in [0.15, 0.2) is 30.5 Å². The number of aromatic nitrogens is 1. The number of fused-ring (bicyclic) bond motifs is 1. The first-order valence-electron chi connectivity index (χ1n) is 6.77. The van der Waals surface area contributed by atoms with E-state index in [0.29, 0.717) is 10.9 Å². The highest BCUT2D eigenvalue weighted by molar-refractivity contribution is 6.05. The van der Waals surface area contributed by atoms with Gasteiger partial charge in [-0.15, -0.1) is 0 Å². The van der Waals surface area contributed by atoms with Crippen LogP contribution in [0.5, 0.6) is 0 Å². The van der Waals surface area contributed by atoms with Crippen LogP contribution in [0.25, 0.3) is 10.9 Å². The smallest absolute Gasteiger partial charge is 0.341 e. The van der Waals surface area contributed by atoms with Crippen LogP contribution in [-0.2, 0) is 9.53 Å². The Hall–Kier alpha value is -2.83. The normalized spacial score (nSPS) is 12.1. The van der Waals surface area contributed by atoms with Crippen LogP contribution in [0.4, 0.5) is 4.79 Å². The fourth-order valence-electron chi connectivity index (χ4n) is 2.10. The zero-order valence-corrected chi connectivity index (χ0v) is 12.3. The van der Waals surface area contributed by atoms with Crippen LogP contribution in [0.1, 0.15) is 24.2 Å². The Balaban J connectivity index is 2.21. The third-order valence-corrected chi connectivity index (χ3v) is 3.15. The van der Waals surface area contributed by atoms with Gasteiger partial charge in [0.1, 0.15) is 0 Å². The number of para-hydroxylation sites is 1. The number of aromatic amines is 1. The monoisotopic (exact) mass is 303 g/mol. The minimum absolute atomic E-state index is 0.312. The van der Waals surface area contributed by atoms with E-state index in [1.807, 2.05) is 17.4 Å². The summed E-state index contributed by atoms with van der Waals surface area (Å²) in [5.74, 6) is -1.69. The van der Waals surface area contributed by atoms with Gasteiger partial charge < -0.3 is 15.5 Å². The maximum absolute atomic E-state index is 12.3. The number of H-pyrrole nitrogens is 1. The third-order valence-electron chi connectivity index (χ3n) is 3.15. The number of hydrogen-bond acceptors (Lipinski definition) is 4. The number of amides is 3. The maximum Gasteiger partial charge on any atom is 0.341 e. The Labute approximate surface area is 126 Å². The molecular formula is C15H17N3O4. The lowest BCUT2D eigenvalue weighted by atomic mass is 10.1. The molecule has 0 saturated heterocycles. The molecule has 0 radical (unpaired) electrons. The number of imide groups is 1. The molecule has 4 N–H and O–H groups in total. The lowest BCUT2D eigenvalue weighted by molar-refractivity contribution is -0.130. The van der Waals surface area contributed by atoms with Gasteiger partial charge in [-0.3, -0.25) is 10.1 Å². The third kappa shape index (κ3) is 3.25. The van der Waals surface area contributed by atoms with E-state index in [1.165, 1.54) is 6.20 Å². The van der Waals surface area contributed by atoms with Crippen molar-refractivity contribution in [3.63, 3.8) is 0 Å². The van der Waals surface area contributed by atoms with E-state index in [2.05, 4.69) is 4.98 Å². The molecule has 7 heteroatoms. The SMILES string of the molecule is CC(C)[C@@H](OC(=O)c1c[nH]c2ccccc12)C(=O)NC(N)=O. The number of esters is 1. The Bertz CT molecular complexity index is 720. The first-order chi connectivity index (χ1) is 10.4. The summed E-state index contributed by atoms with van der Waals surface area (Å²) in [6.07, 6.45) is 0.421. The average molecular weight is 303 g/mol. The predicted octanol–water partition coefficient (Wildman–Crippen LogP) is 1.54. The Morgan fingerprint density at radius 2 is 1.91 bits per heavy atom. The van der Waals surface area contributed by atoms with Gasteiger partial charge in [-0.2, -0.15) is 0 Å². The van der Waals surface area contributed by atoms with Gasteiger partial charge in [0.05, 0.1) is 5.56 Å². The molecule has 22 heavy (non-hydrogen) atoms. The second-order valence-electron chi connectivity index (χ2n) is 5.17. The quantitative estimate of drug-likeness (QED) is 0.743. The van der Waals surface area contributed by atoms with Gasteiger partial charge in [-0.05, 0) is 12.0 Å². The van der Waals surface area contributed by atoms with Gasteiger partial charge in [-0.25, -0.2) is 9.59 Å². The number of primary amides is 1. The fraction of sp³-hybridized carbons (Fsp3) is 0.267. The van der Waals surface area contributed by atoms with Crippen LogP contribution in [0.2, 0.25) is 0 Å². The van der Waals surface area contributed by atoms with Crippen molar-refractivity contribution in [3.05, 3.63) is 36.0 Å². The standard InChI is InChI=1S/C15H17N3O4/c1-8(2)12(13(19)18-15(16)21)22-14(20)10-7-17-11-6-4-3-5-9(10)11/h3-8,12,17H,1-2H3,(H3,16,18,19,21)/t12-/m1/s1. The van der Waals surface area contributed by atoms with Crippen molar-refractivity contribution in [1.82, 2.24) is 10.3 Å². The molecule has 7 nitrogen and oxygen atoms in total. The topological polar surface area (TPSA) is 114 Å². The molecule has 1 heterocycles. The average Bonchev–Trinajstić information content (AvgIpc) is 2.87. The molecule has 2 aromatic rings. The molecule has 3 amide bonds. The first kappa shape index (κ1) is 15.6. The number of carbonyl (C=O) groups is 3. The Morgan fingerprint density at radius 1 is 1.23 bits per heavy atom. The van der Waals surface area contributed by atoms with Crippen molar-refractivity contribution in [2.75, 3.05) is 0 Å². The van der Waals surface area contributed by atoms with Crippen molar-refractivity contribution in [3.8, 4) is 0 Å². The lowest BCUT2D eigenvalue weighted by Gasteiger charge is -2.19. The van der Waals surface area contributed by atoms with Crippen LogP contribution in [0, 0.1) is 5.92 Å². The molecular weight excluding hydrogens is 286 g/mol. The Morgan fingerprint density at radius 3 is 2.55 bits per heavy atom. The number of carbonyl (C=O) groups excluding carboxylic acids is 3. The van der Waals surface area contributed by atoms with Gasteiger partial charge in [0.2, 0.25) is 0 Å². The van der Waals surface area contributed by atoms with E-state index in [1.54, 1.807) is 26.0 Å². The number of rotatable bonds is 4. The summed E-state index contributed by atoms with van der Waals surface area (Å²) >= 11 is 0. The van der Waals surface area contributed by atoms with Crippen molar-refractivity contribution >= 4 is 28.8 Å². The highest BCUT2D eigenvalue weighted by atomic mass is 16.5. The van der Waals surface area contributed by atoms with E-state index in [4.69, 9.17) is 10.5 Å². The minimum Gasteiger partial charge on any atom is -0.448 e. The van der Waals surface area contributed by atoms with Gasteiger partial charge >= 0.3 is 12.0 Å². The van der Waals surface area contributed by atoms with E-state index in [9.17, 15) is 14.4 Å². The summed E-state index contributed by atoms with van der Waals surface area (Å²) in [6.45, 7) is 3.40. The summed E-state index contributed by atoms with van der Waals surface area (Å²) in [5, 5.41) is 2.63. The predicted molar refractivity (Wildman–Crippen MR) is 80.1 cm³/mol. The van der Waals surface area contributed by atoms with Gasteiger partial charge in [0, 0.05) is 17.1 Å². The number of ether oxygens (including phenoxy) is 1. The van der Waals surface area contributed by atoms with Crippen molar-refractivity contribution < 1.29 is 19.1 Å². The van der Waals surface area contributed by atoms with Gasteiger partial charge in [0.15, 0.2) is 6.10 Å². The molecule has 116 valence electrons. The lowest BCUT2D eigenvalue weighted by Crippen LogP contribution is -2.45. The van der Waals surface area contributed by atoms with E-state index >= 15 is 0 Å². The molecule has 0 aliphatic rings. The molecule has 0 aliphatic carbocycles. The first-order valence-corrected chi connectivity index (χ1v) is 6.77. The van der Waals surface area contributed by atoms with E-state index in [0.717, 1.165) is 5.52 Å². The number of hydrogen-bond donors (Lipinski definition) is 3. The van der Waals surface area contributed by atoms with Crippen molar-refractivity contribution in [2.45, 2.75) is 20.0 Å². The fourth-order valence-corrected chi connectivity index (χ4v) is 2.10. The van der Waals surface area contributed by atoms with Gasteiger partial charge in [-0.1, -0.05) is 32.0 Å². The molecule has 2 rings (SSSR count). The van der Waals surface area contributed by atoms with E-state index < -0.39 is 24.0 Å². The molecule has 0 aliphatic heterocycles. The molecule has 1 aromatic carbocycles. The summed E-state index contributed by atoms with van der Waals surface area (Å²) in [7, 11) is 0. The summed E-state index contributed by atoms with van der Waals surface area (Å²) in [4.78, 5) is 37.9. The molecule has 0 saturated carbocycles. The highest BCUT2D eigenvalue weighted by Crippen LogP contribution is 2.20. The molecule has 1 atom stereocenters. The second-order valence-corrected chi connectivity index (χ2v) is 5.17. The van der Waals surface area contributed by atoms with Crippen molar-refractivity contribution in [1.29, 1.82) is 0 Å². The summed E-state index contributed by atoms with van der Waals surface area (Å²) in [5.41, 5.74) is 6.03. The molecule has 0 bridgehead atoms. The van der Waals surface area contributed by atoms with Crippen LogP contribution < -0.4 is 11.1 Å². The number of nitrogens with two attached hydrogens (primary N) is 1. The molecule has 0 unspecified atom stereocenters. The molecule has 0 spiro atoms.